The van der Waals surface area contributed by atoms with Crippen molar-refractivity contribution in [1.82, 2.24) is 0 Å². The first kappa shape index (κ1) is 11.2. The highest BCUT2D eigenvalue weighted by atomic mass is 35.5. The van der Waals surface area contributed by atoms with Crippen molar-refractivity contribution in [3.05, 3.63) is 52.6 Å². The molecule has 0 aliphatic rings. The van der Waals surface area contributed by atoms with Crippen molar-refractivity contribution < 1.29 is 0 Å². The number of nitrogens with zero attached hydrogens (tertiary/aromatic N) is 2. The summed E-state index contributed by atoms with van der Waals surface area (Å²) >= 11 is 6.24. The topological polar surface area (TPSA) is 47.6 Å². The Morgan fingerprint density at radius 1 is 1.06 bits per heavy atom. The van der Waals surface area contributed by atoms with Gasteiger partial charge in [0.2, 0.25) is 0 Å². The number of halogens is 1. The van der Waals surface area contributed by atoms with E-state index in [2.05, 4.69) is 0 Å². The zero-order valence-corrected chi connectivity index (χ0v) is 9.57. The van der Waals surface area contributed by atoms with E-state index < -0.39 is 0 Å². The smallest absolute Gasteiger partial charge is 0.130 e. The van der Waals surface area contributed by atoms with Gasteiger partial charge in [-0.05, 0) is 17.0 Å². The van der Waals surface area contributed by atoms with Crippen LogP contribution < -0.4 is 0 Å². The van der Waals surface area contributed by atoms with Gasteiger partial charge < -0.3 is 0 Å². The van der Waals surface area contributed by atoms with Crippen LogP contribution >= 0.6 is 11.6 Å². The van der Waals surface area contributed by atoms with Crippen molar-refractivity contribution in [3.63, 3.8) is 0 Å². The van der Waals surface area contributed by atoms with Gasteiger partial charge in [0.15, 0.2) is 0 Å². The fourth-order valence-electron chi connectivity index (χ4n) is 1.61. The van der Waals surface area contributed by atoms with Crippen LogP contribution in [-0.4, -0.2) is 0 Å². The maximum absolute atomic E-state index is 8.71. The highest BCUT2D eigenvalue weighted by Gasteiger charge is 2.04. The number of benzene rings is 2. The van der Waals surface area contributed by atoms with Gasteiger partial charge in [0.25, 0.3) is 0 Å². The molecule has 0 spiro atoms. The third-order valence-corrected chi connectivity index (χ3v) is 2.86. The van der Waals surface area contributed by atoms with Gasteiger partial charge in [-0.3, -0.25) is 0 Å². The Morgan fingerprint density at radius 3 is 2.47 bits per heavy atom. The number of hydrogen-bond donors (Lipinski definition) is 0. The average Bonchev–Trinajstić information content (AvgIpc) is 2.38. The number of fused-ring (bicyclic) bond motifs is 1. The van der Waals surface area contributed by atoms with Crippen molar-refractivity contribution in [2.45, 2.75) is 0 Å². The first-order valence-corrected chi connectivity index (χ1v) is 5.33. The lowest BCUT2D eigenvalue weighted by molar-refractivity contribution is 1.47. The molecule has 0 N–H and O–H groups in total. The van der Waals surface area contributed by atoms with Gasteiger partial charge in [0, 0.05) is 5.39 Å². The van der Waals surface area contributed by atoms with E-state index in [9.17, 15) is 0 Å². The predicted molar refractivity (Wildman–Crippen MR) is 68.2 cm³/mol. The van der Waals surface area contributed by atoms with E-state index >= 15 is 0 Å². The highest BCUT2D eigenvalue weighted by molar-refractivity contribution is 6.37. The molecule has 0 heterocycles. The van der Waals surface area contributed by atoms with Gasteiger partial charge >= 0.3 is 0 Å². The van der Waals surface area contributed by atoms with E-state index in [4.69, 9.17) is 22.1 Å². The third kappa shape index (κ3) is 2.13. The second-order valence-corrected chi connectivity index (χ2v) is 3.85. The van der Waals surface area contributed by atoms with Gasteiger partial charge in [0.1, 0.15) is 17.7 Å². The molecule has 0 unspecified atom stereocenters. The molecule has 2 rings (SSSR count). The summed E-state index contributed by atoms with van der Waals surface area (Å²) in [7, 11) is 0. The summed E-state index contributed by atoms with van der Waals surface area (Å²) in [6, 6.07) is 15.1. The van der Waals surface area contributed by atoms with E-state index in [1.165, 1.54) is 6.08 Å². The maximum Gasteiger partial charge on any atom is 0.130 e. The Kier molecular flexibility index (Phi) is 3.10. The van der Waals surface area contributed by atoms with Crippen LogP contribution in [0.15, 0.2) is 42.0 Å². The molecule has 0 aliphatic carbocycles. The zero-order chi connectivity index (χ0) is 12.3. The van der Waals surface area contributed by atoms with E-state index in [0.717, 1.165) is 10.8 Å². The van der Waals surface area contributed by atoms with Crippen molar-refractivity contribution in [2.24, 2.45) is 0 Å². The second-order valence-electron chi connectivity index (χ2n) is 3.47. The summed E-state index contributed by atoms with van der Waals surface area (Å²) in [4.78, 5) is 0. The van der Waals surface area contributed by atoms with Crippen LogP contribution in [0.3, 0.4) is 0 Å². The fourth-order valence-corrected chi connectivity index (χ4v) is 1.90. The minimum Gasteiger partial charge on any atom is -0.192 e. The average molecular weight is 239 g/mol. The van der Waals surface area contributed by atoms with Crippen LogP contribution in [0.5, 0.6) is 0 Å². The Labute approximate surface area is 104 Å². The quantitative estimate of drug-likeness (QED) is 0.707. The number of hydrogen-bond acceptors (Lipinski definition) is 2. The Morgan fingerprint density at radius 2 is 1.76 bits per heavy atom. The summed E-state index contributed by atoms with van der Waals surface area (Å²) in [5, 5.41) is 19.9. The lowest BCUT2D eigenvalue weighted by atomic mass is 10.1. The van der Waals surface area contributed by atoms with Crippen molar-refractivity contribution >= 4 is 28.4 Å². The minimum atomic E-state index is 0.0437. The molecule has 2 aromatic carbocycles. The molecule has 0 amide bonds. The Bertz CT molecular complexity index is 671. The summed E-state index contributed by atoms with van der Waals surface area (Å²) in [6.07, 6.45) is 1.49. The highest BCUT2D eigenvalue weighted by Crippen LogP contribution is 2.28. The minimum absolute atomic E-state index is 0.0437. The molecule has 17 heavy (non-hydrogen) atoms. The Balaban J connectivity index is 2.67. The number of rotatable bonds is 1. The van der Waals surface area contributed by atoms with Crippen LogP contribution in [0.4, 0.5) is 0 Å². The van der Waals surface area contributed by atoms with Crippen molar-refractivity contribution in [3.8, 4) is 12.1 Å². The molecular weight excluding hydrogens is 232 g/mol. The molecule has 0 fully saturated rings. The molecule has 2 nitrogen and oxygen atoms in total. The monoisotopic (exact) mass is 238 g/mol. The van der Waals surface area contributed by atoms with Crippen molar-refractivity contribution in [2.75, 3.05) is 0 Å². The molecule has 0 saturated heterocycles. The molecule has 3 heteroatoms. The van der Waals surface area contributed by atoms with Gasteiger partial charge in [-0.25, -0.2) is 0 Å². The number of nitriles is 2. The van der Waals surface area contributed by atoms with E-state index in [1.54, 1.807) is 6.07 Å². The molecule has 0 saturated carbocycles. The standard InChI is InChI=1S/C14H7ClN2/c15-14-12(7-10(8-16)9-17)6-5-11-3-1-2-4-13(11)14/h1-7H. The SMILES string of the molecule is N#CC(C#N)=Cc1ccc2ccccc2c1Cl. The van der Waals surface area contributed by atoms with Crippen LogP contribution in [0.1, 0.15) is 5.56 Å². The van der Waals surface area contributed by atoms with Crippen LogP contribution in [0.25, 0.3) is 16.8 Å². The zero-order valence-electron chi connectivity index (χ0n) is 8.81. The van der Waals surface area contributed by atoms with E-state index in [-0.39, 0.29) is 5.57 Å². The predicted octanol–water partition coefficient (Wildman–Crippen LogP) is 3.92. The fraction of sp³-hybridized carbons (Fsp3) is 0. The summed E-state index contributed by atoms with van der Waals surface area (Å²) in [6.45, 7) is 0. The lowest BCUT2D eigenvalue weighted by Gasteiger charge is -2.03. The van der Waals surface area contributed by atoms with E-state index in [1.807, 2.05) is 42.5 Å². The van der Waals surface area contributed by atoms with Gasteiger partial charge in [0.05, 0.1) is 5.02 Å². The van der Waals surface area contributed by atoms with Gasteiger partial charge in [-0.2, -0.15) is 10.5 Å². The van der Waals surface area contributed by atoms with Crippen molar-refractivity contribution in [1.29, 1.82) is 10.5 Å². The Hall–Kier alpha value is -2.29. The molecule has 0 aromatic heterocycles. The first-order valence-electron chi connectivity index (χ1n) is 4.95. The van der Waals surface area contributed by atoms with E-state index in [0.29, 0.717) is 10.6 Å². The van der Waals surface area contributed by atoms with Gasteiger partial charge in [-0.15, -0.1) is 0 Å². The summed E-state index contributed by atoms with van der Waals surface area (Å²) in [5.74, 6) is 0. The number of allylic oxidation sites excluding steroid dienone is 1. The maximum atomic E-state index is 8.71. The van der Waals surface area contributed by atoms with Crippen LogP contribution in [-0.2, 0) is 0 Å². The van der Waals surface area contributed by atoms with Crippen LogP contribution in [0, 0.1) is 22.7 Å². The molecule has 2 aromatic rings. The molecular formula is C14H7ClN2. The molecule has 0 radical (unpaired) electrons. The van der Waals surface area contributed by atoms with Gasteiger partial charge in [-0.1, -0.05) is 48.0 Å². The normalized spacial score (nSPS) is 9.35. The lowest BCUT2D eigenvalue weighted by Crippen LogP contribution is -1.81. The molecule has 0 atom stereocenters. The molecule has 0 bridgehead atoms. The largest absolute Gasteiger partial charge is 0.192 e. The molecule has 80 valence electrons. The summed E-state index contributed by atoms with van der Waals surface area (Å²) in [5.41, 5.74) is 0.727. The third-order valence-electron chi connectivity index (χ3n) is 2.43. The molecule has 0 aliphatic heterocycles. The summed E-state index contributed by atoms with van der Waals surface area (Å²) < 4.78 is 0. The first-order chi connectivity index (χ1) is 8.26. The second kappa shape index (κ2) is 4.70. The van der Waals surface area contributed by atoms with Crippen LogP contribution in [0.2, 0.25) is 5.02 Å².